The highest BCUT2D eigenvalue weighted by Gasteiger charge is 2.33. The predicted octanol–water partition coefficient (Wildman–Crippen LogP) is 5.89. The van der Waals surface area contributed by atoms with Gasteiger partial charge in [0.05, 0.1) is 17.0 Å². The van der Waals surface area contributed by atoms with Crippen LogP contribution in [0.1, 0.15) is 87.3 Å². The quantitative estimate of drug-likeness (QED) is 0.270. The first-order valence-electron chi connectivity index (χ1n) is 13.6. The van der Waals surface area contributed by atoms with Gasteiger partial charge in [0, 0.05) is 26.1 Å². The lowest BCUT2D eigenvalue weighted by Gasteiger charge is -2.37. The Hall–Kier alpha value is -2.71. The van der Waals surface area contributed by atoms with Crippen LogP contribution in [0.2, 0.25) is 0 Å². The topological polar surface area (TPSA) is 93.6 Å². The van der Waals surface area contributed by atoms with Crippen molar-refractivity contribution in [1.82, 2.24) is 19.4 Å². The van der Waals surface area contributed by atoms with E-state index < -0.39 is 5.97 Å². The van der Waals surface area contributed by atoms with Gasteiger partial charge in [-0.25, -0.2) is 14.8 Å². The molecule has 1 N–H and O–H groups in total. The lowest BCUT2D eigenvalue weighted by molar-refractivity contribution is 0.0436. The fourth-order valence-corrected chi connectivity index (χ4v) is 5.18. The monoisotopic (exact) mass is 510 g/mol. The SMILES string of the molecule is CCCC(C)C(C)(C)CCOCn1c(CCCN2CC(c3nc(C(=O)O)c(C)o3)C2)nc2ccccc21. The number of nitrogens with zero attached hydrogens (tertiary/aromatic N) is 4. The van der Waals surface area contributed by atoms with Crippen LogP contribution in [-0.2, 0) is 17.9 Å². The number of likely N-dealkylation sites (tertiary alicyclic amines) is 1. The number of hydrogen-bond donors (Lipinski definition) is 1. The second kappa shape index (κ2) is 11.8. The first-order valence-corrected chi connectivity index (χ1v) is 13.6. The van der Waals surface area contributed by atoms with E-state index in [9.17, 15) is 9.90 Å². The number of carboxylic acids is 1. The summed E-state index contributed by atoms with van der Waals surface area (Å²) in [5, 5.41) is 9.20. The smallest absolute Gasteiger partial charge is 0.358 e. The minimum Gasteiger partial charge on any atom is -0.476 e. The Bertz CT molecular complexity index is 1190. The summed E-state index contributed by atoms with van der Waals surface area (Å²) in [7, 11) is 0. The highest BCUT2D eigenvalue weighted by molar-refractivity contribution is 5.86. The number of ether oxygens (including phenoxy) is 1. The Labute approximate surface area is 220 Å². The van der Waals surface area contributed by atoms with Gasteiger partial charge in [0.2, 0.25) is 5.89 Å². The highest BCUT2D eigenvalue weighted by atomic mass is 16.5. The molecule has 0 spiro atoms. The van der Waals surface area contributed by atoms with Crippen LogP contribution >= 0.6 is 0 Å². The van der Waals surface area contributed by atoms with Crippen LogP contribution in [0, 0.1) is 18.3 Å². The number of carboxylic acid groups (broad SMARTS) is 1. The zero-order valence-electron chi connectivity index (χ0n) is 23.0. The number of benzene rings is 1. The molecule has 202 valence electrons. The molecule has 0 saturated carbocycles. The number of imidazole rings is 1. The van der Waals surface area contributed by atoms with Gasteiger partial charge in [0.15, 0.2) is 5.69 Å². The van der Waals surface area contributed by atoms with Gasteiger partial charge in [-0.2, -0.15) is 0 Å². The molecule has 1 fully saturated rings. The van der Waals surface area contributed by atoms with Gasteiger partial charge < -0.3 is 23.7 Å². The molecular formula is C29H42N4O4. The Morgan fingerprint density at radius 3 is 2.73 bits per heavy atom. The third kappa shape index (κ3) is 6.41. The van der Waals surface area contributed by atoms with Gasteiger partial charge in [0.25, 0.3) is 0 Å². The lowest BCUT2D eigenvalue weighted by Crippen LogP contribution is -2.45. The molecule has 0 amide bonds. The van der Waals surface area contributed by atoms with E-state index in [1.165, 1.54) is 12.8 Å². The molecule has 1 saturated heterocycles. The number of aromatic nitrogens is 3. The summed E-state index contributed by atoms with van der Waals surface area (Å²) in [5.74, 6) is 1.78. The largest absolute Gasteiger partial charge is 0.476 e. The third-order valence-electron chi connectivity index (χ3n) is 8.10. The Kier molecular flexibility index (Phi) is 8.70. The highest BCUT2D eigenvalue weighted by Crippen LogP contribution is 2.33. The van der Waals surface area contributed by atoms with Crippen LogP contribution in [-0.4, -0.2) is 56.8 Å². The Balaban J connectivity index is 1.28. The molecule has 3 heterocycles. The molecular weight excluding hydrogens is 468 g/mol. The van der Waals surface area contributed by atoms with Crippen LogP contribution in [0.4, 0.5) is 0 Å². The van der Waals surface area contributed by atoms with Crippen molar-refractivity contribution in [3.05, 3.63) is 47.4 Å². The molecule has 1 aliphatic heterocycles. The first-order chi connectivity index (χ1) is 17.7. The summed E-state index contributed by atoms with van der Waals surface area (Å²) < 4.78 is 14.0. The van der Waals surface area contributed by atoms with Crippen molar-refractivity contribution in [2.75, 3.05) is 26.2 Å². The second-order valence-electron chi connectivity index (χ2n) is 11.2. The number of aryl methyl sites for hydroxylation is 2. The van der Waals surface area contributed by atoms with E-state index >= 15 is 0 Å². The van der Waals surface area contributed by atoms with Gasteiger partial charge in [-0.15, -0.1) is 0 Å². The molecule has 8 heteroatoms. The second-order valence-corrected chi connectivity index (χ2v) is 11.2. The first kappa shape index (κ1) is 27.3. The van der Waals surface area contributed by atoms with Gasteiger partial charge in [-0.05, 0) is 49.8 Å². The predicted molar refractivity (Wildman–Crippen MR) is 144 cm³/mol. The van der Waals surface area contributed by atoms with E-state index in [1.807, 2.05) is 6.07 Å². The lowest BCUT2D eigenvalue weighted by atomic mass is 9.75. The van der Waals surface area contributed by atoms with Crippen LogP contribution in [0.5, 0.6) is 0 Å². The zero-order chi connectivity index (χ0) is 26.6. The third-order valence-corrected chi connectivity index (χ3v) is 8.10. The Morgan fingerprint density at radius 2 is 2.03 bits per heavy atom. The van der Waals surface area contributed by atoms with E-state index in [0.29, 0.717) is 24.3 Å². The number of para-hydroxylation sites is 2. The summed E-state index contributed by atoms with van der Waals surface area (Å²) >= 11 is 0. The maximum Gasteiger partial charge on any atom is 0.358 e. The van der Waals surface area contributed by atoms with Crippen LogP contribution in [0.3, 0.4) is 0 Å². The standard InChI is InChI=1S/C29H42N4O4/c1-6-10-20(2)29(4,5)14-16-36-19-33-24-12-8-7-11-23(24)30-25(33)13-9-15-32-17-22(18-32)27-31-26(28(34)35)21(3)37-27/h7-8,11-12,20,22H,6,9-10,13-19H2,1-5H3,(H,34,35). The number of aromatic carboxylic acids is 1. The van der Waals surface area contributed by atoms with Gasteiger partial charge in [-0.1, -0.05) is 52.7 Å². The fraction of sp³-hybridized carbons (Fsp3) is 0.621. The minimum absolute atomic E-state index is 0.0219. The Morgan fingerprint density at radius 1 is 1.27 bits per heavy atom. The van der Waals surface area contributed by atoms with E-state index in [2.05, 4.69) is 60.3 Å². The van der Waals surface area contributed by atoms with E-state index in [0.717, 1.165) is 62.4 Å². The molecule has 1 aromatic carbocycles. The molecule has 37 heavy (non-hydrogen) atoms. The number of rotatable bonds is 14. The van der Waals surface area contributed by atoms with E-state index in [1.54, 1.807) is 6.92 Å². The fourth-order valence-electron chi connectivity index (χ4n) is 5.18. The van der Waals surface area contributed by atoms with Gasteiger partial charge >= 0.3 is 5.97 Å². The summed E-state index contributed by atoms with van der Waals surface area (Å²) in [6, 6.07) is 8.27. The summed E-state index contributed by atoms with van der Waals surface area (Å²) in [5.41, 5.74) is 2.42. The number of carbonyl (C=O) groups is 1. The average molecular weight is 511 g/mol. The van der Waals surface area contributed by atoms with Crippen LogP contribution in [0.15, 0.2) is 28.7 Å². The van der Waals surface area contributed by atoms with Crippen molar-refractivity contribution in [2.24, 2.45) is 11.3 Å². The van der Waals surface area contributed by atoms with Gasteiger partial charge in [-0.3, -0.25) is 0 Å². The normalized spacial score (nSPS) is 15.8. The zero-order valence-corrected chi connectivity index (χ0v) is 23.0. The van der Waals surface area contributed by atoms with Crippen molar-refractivity contribution in [3.63, 3.8) is 0 Å². The molecule has 1 atom stereocenters. The van der Waals surface area contributed by atoms with Crippen molar-refractivity contribution >= 4 is 17.0 Å². The number of fused-ring (bicyclic) bond motifs is 1. The van der Waals surface area contributed by atoms with E-state index in [-0.39, 0.29) is 17.0 Å². The number of oxazole rings is 1. The van der Waals surface area contributed by atoms with Crippen LogP contribution < -0.4 is 0 Å². The average Bonchev–Trinajstić information content (AvgIpc) is 3.38. The van der Waals surface area contributed by atoms with Crippen LogP contribution in [0.25, 0.3) is 11.0 Å². The maximum atomic E-state index is 11.2. The van der Waals surface area contributed by atoms with Crippen molar-refractivity contribution < 1.29 is 19.1 Å². The molecule has 1 aliphatic rings. The molecule has 3 aromatic rings. The van der Waals surface area contributed by atoms with E-state index in [4.69, 9.17) is 14.1 Å². The molecule has 0 bridgehead atoms. The number of hydrogen-bond acceptors (Lipinski definition) is 6. The van der Waals surface area contributed by atoms with Crippen molar-refractivity contribution in [1.29, 1.82) is 0 Å². The minimum atomic E-state index is -1.04. The van der Waals surface area contributed by atoms with Gasteiger partial charge in [0.1, 0.15) is 18.3 Å². The molecule has 0 aliphatic carbocycles. The summed E-state index contributed by atoms with van der Waals surface area (Å²) in [4.78, 5) is 22.7. The van der Waals surface area contributed by atoms with Crippen molar-refractivity contribution in [2.45, 2.75) is 79.4 Å². The molecule has 8 nitrogen and oxygen atoms in total. The maximum absolute atomic E-state index is 11.2. The van der Waals surface area contributed by atoms with Crippen molar-refractivity contribution in [3.8, 4) is 0 Å². The molecule has 1 unspecified atom stereocenters. The molecule has 0 radical (unpaired) electrons. The summed E-state index contributed by atoms with van der Waals surface area (Å²) in [6.07, 6.45) is 5.38. The molecule has 4 rings (SSSR count). The molecule has 2 aromatic heterocycles. The summed E-state index contributed by atoms with van der Waals surface area (Å²) in [6.45, 7) is 14.9.